The number of aryl methyl sites for hydroxylation is 2. The lowest BCUT2D eigenvalue weighted by Crippen LogP contribution is -2.09. The number of esters is 2. The molecule has 0 aromatic heterocycles. The largest absolute Gasteiger partial charge is 0.478 e. The zero-order chi connectivity index (χ0) is 63.8. The van der Waals surface area contributed by atoms with E-state index in [1.165, 1.54) is 50.6 Å². The molecule has 0 unspecified atom stereocenters. The molecule has 6 N–H and O–H groups in total. The average Bonchev–Trinajstić information content (AvgIpc) is 3.66. The summed E-state index contributed by atoms with van der Waals surface area (Å²) in [5, 5.41) is 87.2. The number of nitrogens with two attached hydrogens (primary N) is 1. The molecule has 0 fully saturated rings. The number of nitrogens with zero attached hydrogens (tertiary/aromatic N) is 5. The minimum Gasteiger partial charge on any atom is -0.478 e. The Hall–Kier alpha value is -10.2. The number of nitro benzene ring substituents is 5. The van der Waals surface area contributed by atoms with E-state index in [1.807, 2.05) is 25.1 Å². The van der Waals surface area contributed by atoms with Crippen LogP contribution in [0.3, 0.4) is 0 Å². The quantitative estimate of drug-likeness (QED) is 0.0220. The monoisotopic (exact) mass is 1180 g/mol. The molecule has 0 aliphatic carbocycles. The van der Waals surface area contributed by atoms with E-state index in [4.69, 9.17) is 45.1 Å². The van der Waals surface area contributed by atoms with Crippen molar-refractivity contribution in [3.05, 3.63) is 227 Å². The molecule has 0 aliphatic heterocycles. The van der Waals surface area contributed by atoms with E-state index in [0.29, 0.717) is 30.9 Å². The lowest BCUT2D eigenvalue weighted by molar-refractivity contribution is -0.386. The number of methoxy groups -OCH3 is 6. The molecule has 30 heteroatoms. The predicted octanol–water partition coefficient (Wildman–Crippen LogP) is 8.40. The molecule has 0 aliphatic rings. The minimum atomic E-state index is -1.54. The highest BCUT2D eigenvalue weighted by atomic mass is 16.6. The number of carboxylic acids is 2. The lowest BCUT2D eigenvalue weighted by Gasteiger charge is -2.07. The smallest absolute Gasteiger partial charge is 0.344 e. The number of carboxylic acid groups (broad SMARTS) is 2. The van der Waals surface area contributed by atoms with Crippen molar-refractivity contribution in [3.8, 4) is 0 Å². The first-order chi connectivity index (χ1) is 39.7. The van der Waals surface area contributed by atoms with Crippen LogP contribution in [0.1, 0.15) is 85.9 Å². The Morgan fingerprint density at radius 1 is 0.429 bits per heavy atom. The van der Waals surface area contributed by atoms with E-state index in [0.717, 1.165) is 70.9 Å². The molecule has 6 aromatic rings. The predicted molar refractivity (Wildman–Crippen MR) is 297 cm³/mol. The second-order valence-electron chi connectivity index (χ2n) is 16.6. The fourth-order valence-corrected chi connectivity index (χ4v) is 6.81. The van der Waals surface area contributed by atoms with Crippen molar-refractivity contribution in [2.24, 2.45) is 0 Å². The Morgan fingerprint density at radius 2 is 0.833 bits per heavy atom. The second kappa shape index (κ2) is 36.9. The third kappa shape index (κ3) is 23.5. The SMILES string of the molecule is COC(=O)c1ccc([N+](=O)[O-])c(C(=O)OC)c1.COCc1ccc(N)c(COC)c1.COCc1ccc([N+](=O)[O-])c(COC)c1.Cc1ccc([N+](=O)[O-])c(C)c1.O=C(O)c1ccc([N+](=O)[O-])c(C(=O)O)c1.O=[N+]([O-])c1ccc(CO)cc1CO. The van der Waals surface area contributed by atoms with E-state index in [9.17, 15) is 69.7 Å². The number of aliphatic hydroxyl groups excluding tert-OH is 2. The molecule has 84 heavy (non-hydrogen) atoms. The maximum absolute atomic E-state index is 11.3. The first kappa shape index (κ1) is 71.8. The van der Waals surface area contributed by atoms with Crippen LogP contribution >= 0.6 is 0 Å². The molecule has 0 radical (unpaired) electrons. The standard InChI is InChI=1S/C10H9NO6.C10H13NO4.C10H15NO2.C8H5NO6.C8H9NO4.C8H9NO2/c1-16-9(12)6-3-4-8(11(14)15)7(5-6)10(13)17-2;1-14-6-8-3-4-10(11(12)13)9(5-8)7-15-2;1-12-6-8-3-4-10(11)9(5-8)7-13-2;10-7(11)4-1-2-6(9(14)15)5(3-4)8(12)13;10-4-6-1-2-8(9(12)13)7(3-6)5-11;1-6-3-4-8(9(10)11)7(2)5-6/h3-5H,1-2H3;3-5H,6-7H2,1-2H3;3-5H,6-7,11H2,1-2H3;1-3H,(H,10,11)(H,12,13);1-3,10-11H,4-5H2;3-5H,1-2H3. The van der Waals surface area contributed by atoms with Gasteiger partial charge in [-0.2, -0.15) is 0 Å². The van der Waals surface area contributed by atoms with Gasteiger partial charge < -0.3 is 54.6 Å². The Balaban J connectivity index is 0.000000506. The van der Waals surface area contributed by atoms with Gasteiger partial charge >= 0.3 is 23.9 Å². The molecule has 0 bridgehead atoms. The van der Waals surface area contributed by atoms with Crippen LogP contribution in [0.15, 0.2) is 109 Å². The van der Waals surface area contributed by atoms with Gasteiger partial charge in [0.15, 0.2) is 0 Å². The van der Waals surface area contributed by atoms with Crippen molar-refractivity contribution in [2.45, 2.75) is 53.5 Å². The third-order valence-electron chi connectivity index (χ3n) is 10.7. The summed E-state index contributed by atoms with van der Waals surface area (Å²) >= 11 is 0. The Bertz CT molecular complexity index is 3280. The van der Waals surface area contributed by atoms with Gasteiger partial charge in [0.2, 0.25) is 0 Å². The average molecular weight is 1180 g/mol. The molecule has 0 saturated carbocycles. The first-order valence-corrected chi connectivity index (χ1v) is 23.7. The normalized spacial score (nSPS) is 9.88. The number of nitrogen functional groups attached to an aromatic ring is 1. The number of ether oxygens (including phenoxy) is 6. The number of aliphatic hydroxyl groups is 2. The summed E-state index contributed by atoms with van der Waals surface area (Å²) in [6.45, 7) is 4.89. The highest BCUT2D eigenvalue weighted by molar-refractivity contribution is 5.98. The molecule has 0 saturated heterocycles. The molecule has 0 atom stereocenters. The third-order valence-corrected chi connectivity index (χ3v) is 10.7. The summed E-state index contributed by atoms with van der Waals surface area (Å²) in [5.41, 5.74) is 10.5. The number of anilines is 1. The zero-order valence-electron chi connectivity index (χ0n) is 46.4. The minimum absolute atomic E-state index is 0.0403. The summed E-state index contributed by atoms with van der Waals surface area (Å²) in [6, 6.07) is 25.9. The van der Waals surface area contributed by atoms with Gasteiger partial charge in [0.1, 0.15) is 11.1 Å². The fourth-order valence-electron chi connectivity index (χ4n) is 6.81. The van der Waals surface area contributed by atoms with Crippen LogP contribution in [-0.4, -0.2) is 112 Å². The van der Waals surface area contributed by atoms with Crippen molar-refractivity contribution < 1.29 is 92.6 Å². The molecular weight excluding hydrogens is 1120 g/mol. The van der Waals surface area contributed by atoms with Gasteiger partial charge in [-0.05, 0) is 97.3 Å². The van der Waals surface area contributed by atoms with Crippen LogP contribution < -0.4 is 5.73 Å². The van der Waals surface area contributed by atoms with Gasteiger partial charge in [0.25, 0.3) is 28.4 Å². The van der Waals surface area contributed by atoms with Crippen LogP contribution in [0.2, 0.25) is 0 Å². The zero-order valence-corrected chi connectivity index (χ0v) is 46.4. The van der Waals surface area contributed by atoms with Crippen molar-refractivity contribution >= 4 is 58.0 Å². The molecule has 0 heterocycles. The topological polar surface area (TPSA) is 446 Å². The lowest BCUT2D eigenvalue weighted by atomic mass is 10.1. The fraction of sp³-hybridized carbons (Fsp3) is 0.259. The Kier molecular flexibility index (Phi) is 31.5. The van der Waals surface area contributed by atoms with Gasteiger partial charge in [-0.15, -0.1) is 0 Å². The molecule has 30 nitrogen and oxygen atoms in total. The van der Waals surface area contributed by atoms with Crippen molar-refractivity contribution in [3.63, 3.8) is 0 Å². The van der Waals surface area contributed by atoms with Crippen LogP contribution in [-0.2, 0) is 68.1 Å². The first-order valence-electron chi connectivity index (χ1n) is 23.7. The van der Waals surface area contributed by atoms with Gasteiger partial charge in [0.05, 0.1) is 101 Å². The Labute approximate surface area is 477 Å². The van der Waals surface area contributed by atoms with E-state index >= 15 is 0 Å². The van der Waals surface area contributed by atoms with Crippen molar-refractivity contribution in [2.75, 3.05) is 48.4 Å². The van der Waals surface area contributed by atoms with Crippen LogP contribution in [0.25, 0.3) is 0 Å². The highest BCUT2D eigenvalue weighted by Crippen LogP contribution is 2.25. The summed E-state index contributed by atoms with van der Waals surface area (Å²) in [4.78, 5) is 93.2. The molecule has 450 valence electrons. The summed E-state index contributed by atoms with van der Waals surface area (Å²) < 4.78 is 28.7. The molecule has 6 rings (SSSR count). The van der Waals surface area contributed by atoms with E-state index in [2.05, 4.69) is 9.47 Å². The van der Waals surface area contributed by atoms with E-state index in [-0.39, 0.29) is 57.5 Å². The van der Waals surface area contributed by atoms with Gasteiger partial charge in [0, 0.05) is 75.6 Å². The van der Waals surface area contributed by atoms with Crippen LogP contribution in [0.5, 0.6) is 0 Å². The van der Waals surface area contributed by atoms with E-state index in [1.54, 1.807) is 52.5 Å². The summed E-state index contributed by atoms with van der Waals surface area (Å²) in [5.74, 6) is -4.45. The molecule has 0 amide bonds. The van der Waals surface area contributed by atoms with Gasteiger partial charge in [-0.3, -0.25) is 50.6 Å². The number of hydrogen-bond acceptors (Lipinski definition) is 23. The van der Waals surface area contributed by atoms with Crippen molar-refractivity contribution in [1.82, 2.24) is 0 Å². The summed E-state index contributed by atoms with van der Waals surface area (Å²) in [6.07, 6.45) is 0. The van der Waals surface area contributed by atoms with Gasteiger partial charge in [-0.1, -0.05) is 17.7 Å². The molecular formula is C54H60N6O24. The number of aromatic carboxylic acids is 2. The van der Waals surface area contributed by atoms with Crippen molar-refractivity contribution in [1.29, 1.82) is 0 Å². The van der Waals surface area contributed by atoms with Crippen LogP contribution in [0.4, 0.5) is 34.1 Å². The second-order valence-corrected chi connectivity index (χ2v) is 16.6. The Morgan fingerprint density at radius 3 is 1.27 bits per heavy atom. The number of nitro groups is 5. The molecule has 6 aromatic carbocycles. The number of rotatable bonds is 19. The number of carbonyl (C=O) groups excluding carboxylic acids is 2. The summed E-state index contributed by atoms with van der Waals surface area (Å²) in [7, 11) is 8.68. The maximum Gasteiger partial charge on any atom is 0.344 e. The van der Waals surface area contributed by atoms with Crippen LogP contribution in [0, 0.1) is 64.4 Å². The van der Waals surface area contributed by atoms with E-state index < -0.39 is 67.1 Å². The number of carbonyl (C=O) groups is 4. The number of benzene rings is 6. The molecule has 0 spiro atoms. The number of hydrogen-bond donors (Lipinski definition) is 5. The highest BCUT2D eigenvalue weighted by Gasteiger charge is 2.24. The maximum atomic E-state index is 11.3. The van der Waals surface area contributed by atoms with Gasteiger partial charge in [-0.25, -0.2) is 19.2 Å².